The van der Waals surface area contributed by atoms with Crippen LogP contribution in [0, 0.1) is 5.92 Å². The molecular formula is C9H12N2O3S. The fraction of sp³-hybridized carbons (Fsp3) is 0.667. The van der Waals surface area contributed by atoms with Crippen LogP contribution in [0.3, 0.4) is 0 Å². The van der Waals surface area contributed by atoms with Gasteiger partial charge in [-0.1, -0.05) is 11.8 Å². The number of rotatable bonds is 1. The number of hydrogen-bond acceptors (Lipinski definition) is 4. The summed E-state index contributed by atoms with van der Waals surface area (Å²) in [5, 5.41) is 9.59. The van der Waals surface area contributed by atoms with Crippen LogP contribution in [-0.4, -0.2) is 45.9 Å². The number of nitrogens with zero attached hydrogens (tertiary/aromatic N) is 2. The Morgan fingerprint density at radius 1 is 1.47 bits per heavy atom. The summed E-state index contributed by atoms with van der Waals surface area (Å²) in [6.07, 6.45) is 1.28. The lowest BCUT2D eigenvalue weighted by atomic mass is 9.98. The first-order chi connectivity index (χ1) is 7.16. The predicted molar refractivity (Wildman–Crippen MR) is 56.8 cm³/mol. The number of carbonyl (C=O) groups is 2. The molecule has 2 aliphatic heterocycles. The summed E-state index contributed by atoms with van der Waals surface area (Å²) in [5.74, 6) is -0.611. The summed E-state index contributed by atoms with van der Waals surface area (Å²) in [7, 11) is 0. The molecule has 0 aromatic rings. The molecule has 0 radical (unpaired) electrons. The van der Waals surface area contributed by atoms with Gasteiger partial charge in [0, 0.05) is 13.1 Å². The standard InChI is InChI=1S/C9H12N2O3S/c12-7-5-15-9(10-7)11-3-1-6(2-4-11)8(13)14/h6H,1-5H2,(H,13,14). The van der Waals surface area contributed by atoms with Crippen LogP contribution in [-0.2, 0) is 9.59 Å². The van der Waals surface area contributed by atoms with Crippen molar-refractivity contribution < 1.29 is 14.7 Å². The first-order valence-electron chi connectivity index (χ1n) is 4.89. The number of aliphatic imine (C=N–C) groups is 1. The number of amidine groups is 1. The highest BCUT2D eigenvalue weighted by Crippen LogP contribution is 2.23. The van der Waals surface area contributed by atoms with Gasteiger partial charge in [-0.3, -0.25) is 9.59 Å². The highest BCUT2D eigenvalue weighted by Gasteiger charge is 2.28. The summed E-state index contributed by atoms with van der Waals surface area (Å²) < 4.78 is 0. The summed E-state index contributed by atoms with van der Waals surface area (Å²) in [6.45, 7) is 1.38. The van der Waals surface area contributed by atoms with Crippen molar-refractivity contribution in [1.29, 1.82) is 0 Å². The SMILES string of the molecule is O=C1CSC(N2CCC(C(=O)O)CC2)=N1. The molecule has 0 saturated carbocycles. The Bertz CT molecular complexity index is 321. The number of thioether (sulfide) groups is 1. The average molecular weight is 228 g/mol. The quantitative estimate of drug-likeness (QED) is 0.704. The second-order valence-corrected chi connectivity index (χ2v) is 4.62. The van der Waals surface area contributed by atoms with Crippen LogP contribution in [0.4, 0.5) is 0 Å². The number of hydrogen-bond donors (Lipinski definition) is 1. The molecule has 0 aromatic carbocycles. The van der Waals surface area contributed by atoms with E-state index in [1.807, 2.05) is 4.90 Å². The maximum atomic E-state index is 10.9. The predicted octanol–water partition coefficient (Wildman–Crippen LogP) is 0.412. The van der Waals surface area contributed by atoms with Gasteiger partial charge in [-0.25, -0.2) is 0 Å². The number of carbonyl (C=O) groups excluding carboxylic acids is 1. The number of amides is 1. The molecule has 0 atom stereocenters. The minimum absolute atomic E-state index is 0.0876. The van der Waals surface area contributed by atoms with Crippen molar-refractivity contribution in [3.8, 4) is 0 Å². The Hall–Kier alpha value is -1.04. The molecule has 2 aliphatic rings. The fourth-order valence-electron chi connectivity index (χ4n) is 1.78. The molecule has 2 heterocycles. The second-order valence-electron chi connectivity index (χ2n) is 3.68. The first-order valence-corrected chi connectivity index (χ1v) is 5.87. The smallest absolute Gasteiger partial charge is 0.306 e. The number of aliphatic carboxylic acids is 1. The summed E-state index contributed by atoms with van der Waals surface area (Å²) in [4.78, 5) is 27.6. The highest BCUT2D eigenvalue weighted by molar-refractivity contribution is 8.14. The van der Waals surface area contributed by atoms with E-state index < -0.39 is 5.97 Å². The molecule has 5 nitrogen and oxygen atoms in total. The Labute approximate surface area is 91.5 Å². The van der Waals surface area contributed by atoms with Gasteiger partial charge in [-0.15, -0.1) is 0 Å². The number of carboxylic acids is 1. The van der Waals surface area contributed by atoms with E-state index in [2.05, 4.69) is 4.99 Å². The first kappa shape index (κ1) is 10.5. The Balaban J connectivity index is 1.91. The topological polar surface area (TPSA) is 70.0 Å². The van der Waals surface area contributed by atoms with Crippen LogP contribution in [0.5, 0.6) is 0 Å². The molecule has 2 rings (SSSR count). The van der Waals surface area contributed by atoms with Gasteiger partial charge < -0.3 is 10.0 Å². The Morgan fingerprint density at radius 2 is 2.13 bits per heavy atom. The van der Waals surface area contributed by atoms with Crippen molar-refractivity contribution in [2.45, 2.75) is 12.8 Å². The Morgan fingerprint density at radius 3 is 2.60 bits per heavy atom. The van der Waals surface area contributed by atoms with Crippen molar-refractivity contribution in [2.75, 3.05) is 18.8 Å². The monoisotopic (exact) mass is 228 g/mol. The molecule has 15 heavy (non-hydrogen) atoms. The van der Waals surface area contributed by atoms with Gasteiger partial charge in [0.15, 0.2) is 5.17 Å². The number of likely N-dealkylation sites (tertiary alicyclic amines) is 1. The van der Waals surface area contributed by atoms with E-state index in [1.54, 1.807) is 0 Å². The van der Waals surface area contributed by atoms with Crippen molar-refractivity contribution >= 4 is 28.8 Å². The molecule has 0 unspecified atom stereocenters. The normalized spacial score (nSPS) is 23.1. The fourth-order valence-corrected chi connectivity index (χ4v) is 2.63. The highest BCUT2D eigenvalue weighted by atomic mass is 32.2. The van der Waals surface area contributed by atoms with Crippen LogP contribution in [0.25, 0.3) is 0 Å². The van der Waals surface area contributed by atoms with Gasteiger partial charge in [0.2, 0.25) is 0 Å². The van der Waals surface area contributed by atoms with E-state index >= 15 is 0 Å². The van der Waals surface area contributed by atoms with Crippen LogP contribution in [0.2, 0.25) is 0 Å². The van der Waals surface area contributed by atoms with E-state index in [0.29, 0.717) is 31.7 Å². The van der Waals surface area contributed by atoms with Crippen LogP contribution in [0.15, 0.2) is 4.99 Å². The summed E-state index contributed by atoms with van der Waals surface area (Å²) >= 11 is 1.45. The zero-order valence-electron chi connectivity index (χ0n) is 8.18. The molecule has 0 aromatic heterocycles. The average Bonchev–Trinajstić information content (AvgIpc) is 2.65. The van der Waals surface area contributed by atoms with Crippen molar-refractivity contribution in [3.63, 3.8) is 0 Å². The van der Waals surface area contributed by atoms with Gasteiger partial charge >= 0.3 is 5.97 Å². The van der Waals surface area contributed by atoms with E-state index in [0.717, 1.165) is 5.17 Å². The third kappa shape index (κ3) is 2.31. The molecule has 0 aliphatic carbocycles. The molecule has 0 bridgehead atoms. The van der Waals surface area contributed by atoms with Crippen molar-refractivity contribution in [3.05, 3.63) is 0 Å². The lowest BCUT2D eigenvalue weighted by Gasteiger charge is -2.30. The lowest BCUT2D eigenvalue weighted by Crippen LogP contribution is -2.38. The van der Waals surface area contributed by atoms with E-state index in [-0.39, 0.29) is 11.8 Å². The molecule has 1 fully saturated rings. The molecule has 0 spiro atoms. The molecule has 82 valence electrons. The largest absolute Gasteiger partial charge is 0.481 e. The van der Waals surface area contributed by atoms with Gasteiger partial charge in [-0.2, -0.15) is 4.99 Å². The zero-order chi connectivity index (χ0) is 10.8. The molecule has 6 heteroatoms. The number of carboxylic acid groups (broad SMARTS) is 1. The zero-order valence-corrected chi connectivity index (χ0v) is 9.00. The van der Waals surface area contributed by atoms with Gasteiger partial charge in [0.1, 0.15) is 0 Å². The van der Waals surface area contributed by atoms with E-state index in [4.69, 9.17) is 5.11 Å². The van der Waals surface area contributed by atoms with Gasteiger partial charge in [0.05, 0.1) is 11.7 Å². The minimum Gasteiger partial charge on any atom is -0.481 e. The maximum absolute atomic E-state index is 10.9. The van der Waals surface area contributed by atoms with E-state index in [9.17, 15) is 9.59 Å². The molecule has 1 saturated heterocycles. The second kappa shape index (κ2) is 4.22. The molecule has 1 amide bonds. The van der Waals surface area contributed by atoms with Crippen molar-refractivity contribution in [1.82, 2.24) is 4.90 Å². The summed E-state index contributed by atoms with van der Waals surface area (Å²) in [6, 6.07) is 0. The van der Waals surface area contributed by atoms with Crippen LogP contribution in [0.1, 0.15) is 12.8 Å². The lowest BCUT2D eigenvalue weighted by molar-refractivity contribution is -0.143. The molecule has 1 N–H and O–H groups in total. The van der Waals surface area contributed by atoms with Crippen LogP contribution < -0.4 is 0 Å². The number of piperidine rings is 1. The van der Waals surface area contributed by atoms with Gasteiger partial charge in [-0.05, 0) is 12.8 Å². The Kier molecular flexibility index (Phi) is 2.95. The maximum Gasteiger partial charge on any atom is 0.306 e. The minimum atomic E-state index is -0.716. The molecular weight excluding hydrogens is 216 g/mol. The van der Waals surface area contributed by atoms with Gasteiger partial charge in [0.25, 0.3) is 5.91 Å². The summed E-state index contributed by atoms with van der Waals surface area (Å²) in [5.41, 5.74) is 0. The van der Waals surface area contributed by atoms with E-state index in [1.165, 1.54) is 11.8 Å². The van der Waals surface area contributed by atoms with Crippen LogP contribution >= 0.6 is 11.8 Å². The third-order valence-corrected chi connectivity index (χ3v) is 3.66. The van der Waals surface area contributed by atoms with Crippen molar-refractivity contribution in [2.24, 2.45) is 10.9 Å². The third-order valence-electron chi connectivity index (χ3n) is 2.66.